The summed E-state index contributed by atoms with van der Waals surface area (Å²) in [7, 11) is 0. The summed E-state index contributed by atoms with van der Waals surface area (Å²) < 4.78 is 0. The van der Waals surface area contributed by atoms with Gasteiger partial charge in [0.25, 0.3) is 0 Å². The van der Waals surface area contributed by atoms with E-state index < -0.39 is 0 Å². The van der Waals surface area contributed by atoms with Crippen LogP contribution in [0.2, 0.25) is 0 Å². The van der Waals surface area contributed by atoms with Crippen LogP contribution in [0.4, 0.5) is 0 Å². The molecule has 2 unspecified atom stereocenters. The molecule has 0 radical (unpaired) electrons. The molecule has 1 aliphatic heterocycles. The van der Waals surface area contributed by atoms with Crippen LogP contribution in [-0.2, 0) is 0 Å². The van der Waals surface area contributed by atoms with Crippen LogP contribution in [0.1, 0.15) is 50.6 Å². The zero-order valence-corrected chi connectivity index (χ0v) is 13.3. The SMILES string of the molecule is CCCNC(CCN1CCCCC1CO)c1ccccc1. The monoisotopic (exact) mass is 290 g/mol. The highest BCUT2D eigenvalue weighted by Gasteiger charge is 2.22. The Morgan fingerprint density at radius 3 is 2.81 bits per heavy atom. The van der Waals surface area contributed by atoms with E-state index in [1.165, 1.54) is 18.4 Å². The predicted molar refractivity (Wildman–Crippen MR) is 88.4 cm³/mol. The molecule has 1 aromatic rings. The maximum absolute atomic E-state index is 9.53. The fraction of sp³-hybridized carbons (Fsp3) is 0.667. The first-order valence-corrected chi connectivity index (χ1v) is 8.48. The van der Waals surface area contributed by atoms with Gasteiger partial charge in [-0.3, -0.25) is 4.90 Å². The summed E-state index contributed by atoms with van der Waals surface area (Å²) in [6.07, 6.45) is 5.95. The number of piperidine rings is 1. The van der Waals surface area contributed by atoms with Gasteiger partial charge in [0.15, 0.2) is 0 Å². The normalized spacial score (nSPS) is 21.3. The first-order chi connectivity index (χ1) is 10.3. The number of hydrogen-bond donors (Lipinski definition) is 2. The third-order valence-electron chi connectivity index (χ3n) is 4.51. The van der Waals surface area contributed by atoms with Gasteiger partial charge in [0.1, 0.15) is 0 Å². The number of likely N-dealkylation sites (tertiary alicyclic amines) is 1. The summed E-state index contributed by atoms with van der Waals surface area (Å²) in [5.74, 6) is 0. The van der Waals surface area contributed by atoms with Crippen molar-refractivity contribution < 1.29 is 5.11 Å². The molecule has 0 amide bonds. The molecule has 21 heavy (non-hydrogen) atoms. The third kappa shape index (κ3) is 5.10. The topological polar surface area (TPSA) is 35.5 Å². The van der Waals surface area contributed by atoms with E-state index in [0.717, 1.165) is 38.9 Å². The Morgan fingerprint density at radius 1 is 1.29 bits per heavy atom. The largest absolute Gasteiger partial charge is 0.395 e. The molecule has 3 heteroatoms. The molecule has 0 aromatic heterocycles. The quantitative estimate of drug-likeness (QED) is 0.772. The molecule has 0 saturated carbocycles. The Morgan fingerprint density at radius 2 is 2.10 bits per heavy atom. The van der Waals surface area contributed by atoms with E-state index in [9.17, 15) is 5.11 Å². The molecule has 1 fully saturated rings. The van der Waals surface area contributed by atoms with Crippen molar-refractivity contribution in [2.45, 2.75) is 51.1 Å². The van der Waals surface area contributed by atoms with Gasteiger partial charge in [-0.1, -0.05) is 43.7 Å². The molecule has 1 heterocycles. The smallest absolute Gasteiger partial charge is 0.0586 e. The molecular weight excluding hydrogens is 260 g/mol. The van der Waals surface area contributed by atoms with Crippen molar-refractivity contribution in [3.8, 4) is 0 Å². The molecule has 118 valence electrons. The standard InChI is InChI=1S/C18H30N2O/c1-2-12-19-18(16-8-4-3-5-9-16)11-14-20-13-7-6-10-17(20)15-21/h3-5,8-9,17-19,21H,2,6-7,10-15H2,1H3. The molecule has 3 nitrogen and oxygen atoms in total. The van der Waals surface area contributed by atoms with Crippen LogP contribution < -0.4 is 5.32 Å². The Kier molecular flexibility index (Phi) is 7.20. The van der Waals surface area contributed by atoms with Crippen LogP contribution in [-0.4, -0.2) is 42.3 Å². The number of rotatable bonds is 8. The Bertz CT molecular complexity index is 382. The highest BCUT2D eigenvalue weighted by molar-refractivity contribution is 5.18. The van der Waals surface area contributed by atoms with Gasteiger partial charge in [0.05, 0.1) is 6.61 Å². The highest BCUT2D eigenvalue weighted by Crippen LogP contribution is 2.21. The van der Waals surface area contributed by atoms with Gasteiger partial charge in [-0.15, -0.1) is 0 Å². The number of aliphatic hydroxyl groups excluding tert-OH is 1. The lowest BCUT2D eigenvalue weighted by Crippen LogP contribution is -2.43. The van der Waals surface area contributed by atoms with Crippen LogP contribution >= 0.6 is 0 Å². The summed E-state index contributed by atoms with van der Waals surface area (Å²) in [4.78, 5) is 2.48. The van der Waals surface area contributed by atoms with Gasteiger partial charge in [-0.25, -0.2) is 0 Å². The van der Waals surface area contributed by atoms with Crippen LogP contribution in [0, 0.1) is 0 Å². The summed E-state index contributed by atoms with van der Waals surface area (Å²) in [6.45, 7) is 5.78. The van der Waals surface area contributed by atoms with E-state index in [-0.39, 0.29) is 0 Å². The minimum atomic E-state index is 0.304. The van der Waals surface area contributed by atoms with Gasteiger partial charge in [-0.05, 0) is 44.3 Å². The first-order valence-electron chi connectivity index (χ1n) is 8.48. The minimum absolute atomic E-state index is 0.304. The molecule has 0 bridgehead atoms. The van der Waals surface area contributed by atoms with Crippen LogP contribution in [0.15, 0.2) is 30.3 Å². The average Bonchev–Trinajstić information content (AvgIpc) is 2.56. The summed E-state index contributed by atoms with van der Waals surface area (Å²) in [5.41, 5.74) is 1.38. The third-order valence-corrected chi connectivity index (χ3v) is 4.51. The number of nitrogens with zero attached hydrogens (tertiary/aromatic N) is 1. The van der Waals surface area contributed by atoms with Gasteiger partial charge < -0.3 is 10.4 Å². The number of hydrogen-bond acceptors (Lipinski definition) is 3. The molecule has 1 saturated heterocycles. The van der Waals surface area contributed by atoms with Crippen molar-refractivity contribution in [2.24, 2.45) is 0 Å². The summed E-state index contributed by atoms with van der Waals surface area (Å²) in [5, 5.41) is 13.2. The maximum Gasteiger partial charge on any atom is 0.0586 e. The van der Waals surface area contributed by atoms with E-state index in [0.29, 0.717) is 18.7 Å². The van der Waals surface area contributed by atoms with Crippen molar-refractivity contribution in [3.63, 3.8) is 0 Å². The molecule has 2 rings (SSSR count). The summed E-state index contributed by atoms with van der Waals surface area (Å²) >= 11 is 0. The Hall–Kier alpha value is -0.900. The maximum atomic E-state index is 9.53. The fourth-order valence-electron chi connectivity index (χ4n) is 3.25. The van der Waals surface area contributed by atoms with Crippen LogP contribution in [0.3, 0.4) is 0 Å². The Labute approximate surface area is 129 Å². The molecular formula is C18H30N2O. The number of nitrogens with one attached hydrogen (secondary N) is 1. The first kappa shape index (κ1) is 16.5. The van der Waals surface area contributed by atoms with Crippen molar-refractivity contribution in [3.05, 3.63) is 35.9 Å². The molecule has 1 aromatic carbocycles. The van der Waals surface area contributed by atoms with Crippen LogP contribution in [0.25, 0.3) is 0 Å². The molecule has 1 aliphatic rings. The fourth-order valence-corrected chi connectivity index (χ4v) is 3.25. The van der Waals surface area contributed by atoms with Gasteiger partial charge in [0.2, 0.25) is 0 Å². The van der Waals surface area contributed by atoms with Gasteiger partial charge in [0, 0.05) is 18.6 Å². The second-order valence-corrected chi connectivity index (χ2v) is 6.07. The second kappa shape index (κ2) is 9.19. The van der Waals surface area contributed by atoms with E-state index in [4.69, 9.17) is 0 Å². The highest BCUT2D eigenvalue weighted by atomic mass is 16.3. The lowest BCUT2D eigenvalue weighted by atomic mass is 9.99. The van der Waals surface area contributed by atoms with E-state index in [2.05, 4.69) is 47.5 Å². The zero-order valence-electron chi connectivity index (χ0n) is 13.3. The van der Waals surface area contributed by atoms with E-state index in [1.807, 2.05) is 0 Å². The van der Waals surface area contributed by atoms with E-state index >= 15 is 0 Å². The number of benzene rings is 1. The summed E-state index contributed by atoms with van der Waals surface area (Å²) in [6, 6.07) is 11.5. The average molecular weight is 290 g/mol. The Balaban J connectivity index is 1.92. The van der Waals surface area contributed by atoms with Crippen LogP contribution in [0.5, 0.6) is 0 Å². The molecule has 0 spiro atoms. The molecule has 2 N–H and O–H groups in total. The lowest BCUT2D eigenvalue weighted by Gasteiger charge is -2.35. The van der Waals surface area contributed by atoms with Crippen molar-refractivity contribution in [1.29, 1.82) is 0 Å². The zero-order chi connectivity index (χ0) is 14.9. The van der Waals surface area contributed by atoms with Crippen molar-refractivity contribution >= 4 is 0 Å². The van der Waals surface area contributed by atoms with Crippen molar-refractivity contribution in [1.82, 2.24) is 10.2 Å². The minimum Gasteiger partial charge on any atom is -0.395 e. The predicted octanol–water partition coefficient (Wildman–Crippen LogP) is 2.96. The van der Waals surface area contributed by atoms with Crippen molar-refractivity contribution in [2.75, 3.05) is 26.2 Å². The lowest BCUT2D eigenvalue weighted by molar-refractivity contribution is 0.0864. The van der Waals surface area contributed by atoms with Gasteiger partial charge in [-0.2, -0.15) is 0 Å². The van der Waals surface area contributed by atoms with Gasteiger partial charge >= 0.3 is 0 Å². The second-order valence-electron chi connectivity index (χ2n) is 6.07. The molecule has 0 aliphatic carbocycles. The van der Waals surface area contributed by atoms with E-state index in [1.54, 1.807) is 0 Å². The number of aliphatic hydroxyl groups is 1. The molecule has 2 atom stereocenters.